The van der Waals surface area contributed by atoms with Crippen LogP contribution in [0.15, 0.2) is 42.6 Å². The zero-order valence-corrected chi connectivity index (χ0v) is 16.9. The van der Waals surface area contributed by atoms with Crippen LogP contribution in [0.4, 0.5) is 14.7 Å². The Kier molecular flexibility index (Phi) is 5.67. The van der Waals surface area contributed by atoms with Gasteiger partial charge in [0.25, 0.3) is 0 Å². The largest absolute Gasteiger partial charge is 0.357 e. The average molecular weight is 432 g/mol. The normalized spacial score (nSPS) is 19.5. The van der Waals surface area contributed by atoms with Gasteiger partial charge in [-0.2, -0.15) is 0 Å². The van der Waals surface area contributed by atoms with Crippen LogP contribution in [-0.4, -0.2) is 34.1 Å². The molecule has 3 N–H and O–H groups in total. The summed E-state index contributed by atoms with van der Waals surface area (Å²) < 4.78 is 27.6. The molecule has 6 nitrogen and oxygen atoms in total. The van der Waals surface area contributed by atoms with Crippen molar-refractivity contribution < 1.29 is 13.6 Å². The number of rotatable bonds is 6. The number of H-pyrrole nitrogens is 1. The first-order chi connectivity index (χ1) is 14.5. The molecule has 1 fully saturated rings. The van der Waals surface area contributed by atoms with E-state index in [1.165, 1.54) is 0 Å². The Morgan fingerprint density at radius 2 is 2.03 bits per heavy atom. The molecular formula is C21H20ClF2N5O. The van der Waals surface area contributed by atoms with Crippen LogP contribution in [0.1, 0.15) is 30.3 Å². The van der Waals surface area contributed by atoms with Crippen LogP contribution in [0.2, 0.25) is 5.02 Å². The summed E-state index contributed by atoms with van der Waals surface area (Å²) in [7, 11) is 0. The van der Waals surface area contributed by atoms with Crippen molar-refractivity contribution in [2.45, 2.75) is 18.9 Å². The number of carbonyl (C=O) groups excluding carboxylic acids is 1. The number of amides is 1. The number of halogens is 3. The minimum absolute atomic E-state index is 0.0920. The quantitative estimate of drug-likeness (QED) is 0.545. The highest BCUT2D eigenvalue weighted by atomic mass is 35.5. The summed E-state index contributed by atoms with van der Waals surface area (Å²) in [6, 6.07) is 11.1. The van der Waals surface area contributed by atoms with E-state index in [2.05, 4.69) is 25.6 Å². The molecule has 0 saturated carbocycles. The highest BCUT2D eigenvalue weighted by Gasteiger charge is 2.39. The Bertz CT molecular complexity index is 1060. The highest BCUT2D eigenvalue weighted by molar-refractivity contribution is 6.30. The first kappa shape index (κ1) is 20.3. The van der Waals surface area contributed by atoms with E-state index in [9.17, 15) is 13.6 Å². The fourth-order valence-corrected chi connectivity index (χ4v) is 3.69. The lowest BCUT2D eigenvalue weighted by atomic mass is 9.93. The standard InChI is InChI=1S/C21H20ClF2N5O/c1-11(16-6-7-17(28-16)12-2-4-14(22)5-3-12)27-21-26-10-15(24)19(29-21)18-13(8-23)9-25-20(18)30/h2-7,10-11,13,18,28H,8-9H2,1H3,(H,25,30)(H,26,27,29)/t11-,13?,18+/m0/s1. The van der Waals surface area contributed by atoms with Crippen molar-refractivity contribution in [3.05, 3.63) is 64.8 Å². The molecule has 1 amide bonds. The predicted molar refractivity (Wildman–Crippen MR) is 110 cm³/mol. The Hall–Kier alpha value is -3.00. The molecule has 3 aromatic rings. The monoisotopic (exact) mass is 431 g/mol. The Morgan fingerprint density at radius 3 is 2.77 bits per heavy atom. The van der Waals surface area contributed by atoms with E-state index < -0.39 is 30.2 Å². The molecule has 30 heavy (non-hydrogen) atoms. The molecular weight excluding hydrogens is 412 g/mol. The van der Waals surface area contributed by atoms with Crippen molar-refractivity contribution in [1.29, 1.82) is 0 Å². The fourth-order valence-electron chi connectivity index (χ4n) is 3.57. The van der Waals surface area contributed by atoms with Crippen LogP contribution in [0.25, 0.3) is 11.3 Å². The Labute approximate surface area is 177 Å². The molecule has 1 saturated heterocycles. The van der Waals surface area contributed by atoms with Crippen molar-refractivity contribution in [1.82, 2.24) is 20.3 Å². The summed E-state index contributed by atoms with van der Waals surface area (Å²) in [4.78, 5) is 23.6. The number of benzene rings is 1. The first-order valence-electron chi connectivity index (χ1n) is 9.53. The van der Waals surface area contributed by atoms with E-state index in [4.69, 9.17) is 11.6 Å². The Morgan fingerprint density at radius 1 is 1.27 bits per heavy atom. The minimum atomic E-state index is -0.962. The number of nitrogens with zero attached hydrogens (tertiary/aromatic N) is 2. The van der Waals surface area contributed by atoms with Gasteiger partial charge in [-0.15, -0.1) is 0 Å². The molecule has 4 rings (SSSR count). The van der Waals surface area contributed by atoms with Crippen LogP contribution < -0.4 is 10.6 Å². The van der Waals surface area contributed by atoms with E-state index in [1.54, 1.807) is 0 Å². The van der Waals surface area contributed by atoms with Gasteiger partial charge in [0.2, 0.25) is 11.9 Å². The molecule has 1 aliphatic rings. The van der Waals surface area contributed by atoms with Crippen molar-refractivity contribution >= 4 is 23.5 Å². The number of aromatic amines is 1. The zero-order valence-electron chi connectivity index (χ0n) is 16.1. The maximum atomic E-state index is 14.3. The second-order valence-corrected chi connectivity index (χ2v) is 7.70. The van der Waals surface area contributed by atoms with Crippen LogP contribution in [0.5, 0.6) is 0 Å². The maximum absolute atomic E-state index is 14.3. The summed E-state index contributed by atoms with van der Waals surface area (Å²) in [5, 5.41) is 6.33. The molecule has 1 unspecified atom stereocenters. The lowest BCUT2D eigenvalue weighted by Crippen LogP contribution is -2.22. The molecule has 0 radical (unpaired) electrons. The van der Waals surface area contributed by atoms with Gasteiger partial charge in [0.15, 0.2) is 5.82 Å². The van der Waals surface area contributed by atoms with Gasteiger partial charge >= 0.3 is 0 Å². The maximum Gasteiger partial charge on any atom is 0.229 e. The number of nitrogens with one attached hydrogen (secondary N) is 3. The predicted octanol–water partition coefficient (Wildman–Crippen LogP) is 4.24. The summed E-state index contributed by atoms with van der Waals surface area (Å²) in [5.74, 6) is -2.59. The topological polar surface area (TPSA) is 82.7 Å². The van der Waals surface area contributed by atoms with E-state index in [-0.39, 0.29) is 24.2 Å². The molecule has 3 heterocycles. The molecule has 1 aliphatic heterocycles. The Balaban J connectivity index is 1.53. The van der Waals surface area contributed by atoms with Gasteiger partial charge in [-0.25, -0.2) is 14.4 Å². The smallest absolute Gasteiger partial charge is 0.229 e. The molecule has 0 bridgehead atoms. The lowest BCUT2D eigenvalue weighted by molar-refractivity contribution is -0.120. The van der Waals surface area contributed by atoms with Gasteiger partial charge in [-0.05, 0) is 36.8 Å². The molecule has 9 heteroatoms. The van der Waals surface area contributed by atoms with Crippen LogP contribution in [0.3, 0.4) is 0 Å². The fraction of sp³-hybridized carbons (Fsp3) is 0.286. The molecule has 3 atom stereocenters. The molecule has 0 aliphatic carbocycles. The van der Waals surface area contributed by atoms with E-state index >= 15 is 0 Å². The highest BCUT2D eigenvalue weighted by Crippen LogP contribution is 2.31. The summed E-state index contributed by atoms with van der Waals surface area (Å²) in [6.45, 7) is 1.33. The van der Waals surface area contributed by atoms with Gasteiger partial charge in [-0.1, -0.05) is 23.7 Å². The van der Waals surface area contributed by atoms with Crippen LogP contribution in [-0.2, 0) is 4.79 Å². The summed E-state index contributed by atoms with van der Waals surface area (Å²) in [6.07, 6.45) is 1.01. The van der Waals surface area contributed by atoms with E-state index in [1.807, 2.05) is 43.3 Å². The zero-order chi connectivity index (χ0) is 21.3. The number of aromatic nitrogens is 3. The van der Waals surface area contributed by atoms with Gasteiger partial charge < -0.3 is 15.6 Å². The number of alkyl halides is 1. The number of anilines is 1. The van der Waals surface area contributed by atoms with Crippen molar-refractivity contribution in [3.8, 4) is 11.3 Å². The van der Waals surface area contributed by atoms with Gasteiger partial charge in [0.05, 0.1) is 30.5 Å². The molecule has 156 valence electrons. The number of hydrogen-bond donors (Lipinski definition) is 3. The minimum Gasteiger partial charge on any atom is -0.357 e. The number of hydrogen-bond acceptors (Lipinski definition) is 4. The van der Waals surface area contributed by atoms with Crippen molar-refractivity contribution in [2.75, 3.05) is 18.5 Å². The summed E-state index contributed by atoms with van der Waals surface area (Å²) in [5.41, 5.74) is 2.69. The number of carbonyl (C=O) groups is 1. The lowest BCUT2D eigenvalue weighted by Gasteiger charge is -2.17. The second-order valence-electron chi connectivity index (χ2n) is 7.26. The van der Waals surface area contributed by atoms with Gasteiger partial charge in [-0.3, -0.25) is 9.18 Å². The van der Waals surface area contributed by atoms with Crippen molar-refractivity contribution in [2.24, 2.45) is 5.92 Å². The second kappa shape index (κ2) is 8.39. The SMILES string of the molecule is C[C@H](Nc1ncc(F)c([C@@H]2C(=O)NCC2CF)n1)c1ccc(-c2ccc(Cl)cc2)[nH]1. The van der Waals surface area contributed by atoms with Crippen molar-refractivity contribution in [3.63, 3.8) is 0 Å². The van der Waals surface area contributed by atoms with Gasteiger partial charge in [0, 0.05) is 28.9 Å². The third kappa shape index (κ3) is 4.00. The first-order valence-corrected chi connectivity index (χ1v) is 9.91. The molecule has 1 aromatic carbocycles. The summed E-state index contributed by atoms with van der Waals surface area (Å²) >= 11 is 5.94. The van der Waals surface area contributed by atoms with Crippen LogP contribution in [0, 0.1) is 11.7 Å². The van der Waals surface area contributed by atoms with E-state index in [0.717, 1.165) is 23.1 Å². The van der Waals surface area contributed by atoms with Gasteiger partial charge in [0.1, 0.15) is 0 Å². The average Bonchev–Trinajstić information content (AvgIpc) is 3.37. The van der Waals surface area contributed by atoms with E-state index in [0.29, 0.717) is 5.02 Å². The third-order valence-electron chi connectivity index (χ3n) is 5.23. The van der Waals surface area contributed by atoms with Crippen LogP contribution >= 0.6 is 11.6 Å². The third-order valence-corrected chi connectivity index (χ3v) is 5.48. The molecule has 0 spiro atoms. The molecule has 2 aromatic heterocycles.